The smallest absolute Gasteiger partial charge is 0.322 e. The van der Waals surface area contributed by atoms with Crippen LogP contribution < -0.4 is 15.5 Å². The van der Waals surface area contributed by atoms with E-state index in [-0.39, 0.29) is 23.7 Å². The van der Waals surface area contributed by atoms with E-state index in [0.717, 1.165) is 37.2 Å². The number of hydrogen-bond acceptors (Lipinski definition) is 7. The lowest BCUT2D eigenvalue weighted by atomic mass is 9.95. The number of anilines is 3. The van der Waals surface area contributed by atoms with E-state index in [9.17, 15) is 14.4 Å². The number of carbonyl (C=O) groups is 3. The molecule has 2 fully saturated rings. The number of hydrogen-bond donors (Lipinski definition) is 2. The summed E-state index contributed by atoms with van der Waals surface area (Å²) in [5.74, 6) is -0.937. The molecule has 0 atom stereocenters. The van der Waals surface area contributed by atoms with E-state index in [1.54, 1.807) is 19.1 Å². The maximum Gasteiger partial charge on any atom is 0.322 e. The fourth-order valence-corrected chi connectivity index (χ4v) is 4.33. The molecule has 1 aliphatic heterocycles. The minimum Gasteiger partial charge on any atom is -0.399 e. The molecule has 35 heavy (non-hydrogen) atoms. The van der Waals surface area contributed by atoms with Gasteiger partial charge in [0.25, 0.3) is 0 Å². The van der Waals surface area contributed by atoms with Crippen LogP contribution in [0, 0.1) is 0 Å². The Bertz CT molecular complexity index is 1230. The van der Waals surface area contributed by atoms with Crippen LogP contribution in [0.15, 0.2) is 59.0 Å². The number of rotatable bonds is 6. The van der Waals surface area contributed by atoms with E-state index >= 15 is 0 Å². The fraction of sp³-hybridized carbons (Fsp3) is 0.320. The number of piperazine rings is 1. The standard InChI is InChI=1S/C25H26N6O4/c1-17(32)30-13-15-31(16-14-30)20-9-7-19(8-10-20)26-21(33)22-28-29-24(35-22)27-23(34)25(11-12-25)18-5-3-2-4-6-18/h2-10H,11-16H2,1H3,(H,26,33)(H,27,29,34). The maximum absolute atomic E-state index is 12.8. The molecule has 2 N–H and O–H groups in total. The number of amides is 3. The van der Waals surface area contributed by atoms with Gasteiger partial charge >= 0.3 is 17.8 Å². The molecule has 3 amide bonds. The predicted octanol–water partition coefficient (Wildman–Crippen LogP) is 2.66. The van der Waals surface area contributed by atoms with Crippen LogP contribution in [0.5, 0.6) is 0 Å². The van der Waals surface area contributed by atoms with Crippen LogP contribution >= 0.6 is 0 Å². The summed E-state index contributed by atoms with van der Waals surface area (Å²) in [6.45, 7) is 4.48. The van der Waals surface area contributed by atoms with Gasteiger partial charge in [-0.2, -0.15) is 0 Å². The van der Waals surface area contributed by atoms with Gasteiger partial charge in [0.1, 0.15) is 0 Å². The Morgan fingerprint density at radius 3 is 2.20 bits per heavy atom. The third-order valence-corrected chi connectivity index (χ3v) is 6.57. The van der Waals surface area contributed by atoms with Crippen LogP contribution in [0.4, 0.5) is 17.4 Å². The molecule has 2 heterocycles. The topological polar surface area (TPSA) is 121 Å². The third kappa shape index (κ3) is 4.72. The summed E-state index contributed by atoms with van der Waals surface area (Å²) in [6.07, 6.45) is 1.49. The van der Waals surface area contributed by atoms with Crippen LogP contribution in [-0.2, 0) is 15.0 Å². The van der Waals surface area contributed by atoms with E-state index in [2.05, 4.69) is 25.7 Å². The van der Waals surface area contributed by atoms with Crippen LogP contribution in [0.25, 0.3) is 0 Å². The Morgan fingerprint density at radius 2 is 1.57 bits per heavy atom. The zero-order valence-electron chi connectivity index (χ0n) is 19.4. The highest BCUT2D eigenvalue weighted by atomic mass is 16.4. The molecule has 1 saturated carbocycles. The average Bonchev–Trinajstić information content (AvgIpc) is 3.57. The van der Waals surface area contributed by atoms with Crippen molar-refractivity contribution in [2.24, 2.45) is 0 Å². The van der Waals surface area contributed by atoms with E-state index in [1.165, 1.54) is 0 Å². The van der Waals surface area contributed by atoms with Gasteiger partial charge in [-0.15, -0.1) is 5.10 Å². The first-order valence-corrected chi connectivity index (χ1v) is 11.6. The maximum atomic E-state index is 12.8. The Morgan fingerprint density at radius 1 is 0.886 bits per heavy atom. The van der Waals surface area contributed by atoms with E-state index < -0.39 is 11.3 Å². The molecule has 10 nitrogen and oxygen atoms in total. The van der Waals surface area contributed by atoms with Crippen molar-refractivity contribution in [3.63, 3.8) is 0 Å². The quantitative estimate of drug-likeness (QED) is 0.563. The van der Waals surface area contributed by atoms with Crippen molar-refractivity contribution in [2.45, 2.75) is 25.2 Å². The second-order valence-corrected chi connectivity index (χ2v) is 8.81. The third-order valence-electron chi connectivity index (χ3n) is 6.57. The molecule has 1 aromatic heterocycles. The van der Waals surface area contributed by atoms with Crippen molar-refractivity contribution in [1.82, 2.24) is 15.1 Å². The zero-order valence-corrected chi connectivity index (χ0v) is 19.4. The van der Waals surface area contributed by atoms with Gasteiger partial charge in [-0.25, -0.2) is 0 Å². The van der Waals surface area contributed by atoms with E-state index in [1.807, 2.05) is 47.4 Å². The van der Waals surface area contributed by atoms with Crippen molar-refractivity contribution < 1.29 is 18.8 Å². The number of carbonyl (C=O) groups excluding carboxylic acids is 3. The molecule has 0 unspecified atom stereocenters. The predicted molar refractivity (Wildman–Crippen MR) is 129 cm³/mol. The first-order valence-electron chi connectivity index (χ1n) is 11.6. The van der Waals surface area contributed by atoms with Gasteiger partial charge in [0.05, 0.1) is 5.41 Å². The number of benzene rings is 2. The van der Waals surface area contributed by atoms with Crippen LogP contribution in [0.3, 0.4) is 0 Å². The van der Waals surface area contributed by atoms with Crippen molar-refractivity contribution in [1.29, 1.82) is 0 Å². The lowest BCUT2D eigenvalue weighted by Gasteiger charge is -2.35. The molecule has 5 rings (SSSR count). The Balaban J connectivity index is 1.17. The first kappa shape index (κ1) is 22.6. The van der Waals surface area contributed by atoms with Crippen LogP contribution in [0.1, 0.15) is 36.0 Å². The normalized spacial score (nSPS) is 16.5. The second-order valence-electron chi connectivity index (χ2n) is 8.81. The van der Waals surface area contributed by atoms with Crippen molar-refractivity contribution in [2.75, 3.05) is 41.7 Å². The summed E-state index contributed by atoms with van der Waals surface area (Å²) in [4.78, 5) is 40.9. The molecule has 3 aromatic rings. The van der Waals surface area contributed by atoms with Gasteiger partial charge in [-0.05, 0) is 42.7 Å². The highest BCUT2D eigenvalue weighted by molar-refractivity contribution is 6.02. The monoisotopic (exact) mass is 474 g/mol. The summed E-state index contributed by atoms with van der Waals surface area (Å²) >= 11 is 0. The summed E-state index contributed by atoms with van der Waals surface area (Å²) in [6, 6.07) is 16.9. The van der Waals surface area contributed by atoms with Crippen molar-refractivity contribution in [3.8, 4) is 0 Å². The molecule has 0 bridgehead atoms. The largest absolute Gasteiger partial charge is 0.399 e. The van der Waals surface area contributed by atoms with Gasteiger partial charge < -0.3 is 19.5 Å². The molecule has 0 radical (unpaired) electrons. The molecular formula is C25H26N6O4. The van der Waals surface area contributed by atoms with Crippen LogP contribution in [-0.4, -0.2) is 59.0 Å². The molecular weight excluding hydrogens is 448 g/mol. The molecule has 0 spiro atoms. The molecule has 1 saturated heterocycles. The number of nitrogens with zero attached hydrogens (tertiary/aromatic N) is 4. The fourth-order valence-electron chi connectivity index (χ4n) is 4.33. The van der Waals surface area contributed by atoms with Gasteiger partial charge in [0, 0.05) is 44.5 Å². The Labute approximate surface area is 202 Å². The van der Waals surface area contributed by atoms with Gasteiger partial charge in [-0.1, -0.05) is 35.4 Å². The van der Waals surface area contributed by atoms with Gasteiger partial charge in [0.15, 0.2) is 0 Å². The summed E-state index contributed by atoms with van der Waals surface area (Å²) in [5.41, 5.74) is 1.95. The van der Waals surface area contributed by atoms with Gasteiger partial charge in [0.2, 0.25) is 11.8 Å². The molecule has 10 heteroatoms. The average molecular weight is 475 g/mol. The first-order chi connectivity index (χ1) is 16.9. The molecule has 180 valence electrons. The lowest BCUT2D eigenvalue weighted by Crippen LogP contribution is -2.48. The number of aromatic nitrogens is 2. The number of nitrogens with one attached hydrogen (secondary N) is 2. The van der Waals surface area contributed by atoms with Crippen molar-refractivity contribution >= 4 is 35.1 Å². The Kier molecular flexibility index (Phi) is 5.94. The minimum absolute atomic E-state index is 0.0923. The molecule has 2 aromatic carbocycles. The summed E-state index contributed by atoms with van der Waals surface area (Å²) in [7, 11) is 0. The summed E-state index contributed by atoms with van der Waals surface area (Å²) < 4.78 is 5.39. The second kappa shape index (κ2) is 9.21. The molecule has 2 aliphatic rings. The highest BCUT2D eigenvalue weighted by Gasteiger charge is 2.51. The highest BCUT2D eigenvalue weighted by Crippen LogP contribution is 2.48. The van der Waals surface area contributed by atoms with Gasteiger partial charge in [-0.3, -0.25) is 19.7 Å². The van der Waals surface area contributed by atoms with E-state index in [0.29, 0.717) is 18.8 Å². The minimum atomic E-state index is -0.585. The van der Waals surface area contributed by atoms with Crippen molar-refractivity contribution in [3.05, 3.63) is 66.1 Å². The SMILES string of the molecule is CC(=O)N1CCN(c2ccc(NC(=O)c3nnc(NC(=O)C4(c5ccccc5)CC4)o3)cc2)CC1. The molecule has 1 aliphatic carbocycles. The Hall–Kier alpha value is -4.21. The van der Waals surface area contributed by atoms with Crippen LogP contribution in [0.2, 0.25) is 0 Å². The zero-order chi connectivity index (χ0) is 24.4. The lowest BCUT2D eigenvalue weighted by molar-refractivity contribution is -0.129. The summed E-state index contributed by atoms with van der Waals surface area (Å²) in [5, 5.41) is 12.9. The van der Waals surface area contributed by atoms with E-state index in [4.69, 9.17) is 4.42 Å².